The lowest BCUT2D eigenvalue weighted by Crippen LogP contribution is -2.57. The Morgan fingerprint density at radius 1 is 1.03 bits per heavy atom. The SMILES string of the molecule is O=C(c1cccc(F)c1)N1CC[C@H]2[C@H](CCC(=O)N2CCc2cccc(F)c2)C1. The lowest BCUT2D eigenvalue weighted by atomic mass is 9.83. The van der Waals surface area contributed by atoms with Gasteiger partial charge in [-0.15, -0.1) is 0 Å². The molecule has 0 radical (unpaired) electrons. The van der Waals surface area contributed by atoms with E-state index in [9.17, 15) is 18.4 Å². The van der Waals surface area contributed by atoms with Crippen LogP contribution in [0.2, 0.25) is 0 Å². The Bertz CT molecular complexity index is 917. The summed E-state index contributed by atoms with van der Waals surface area (Å²) in [4.78, 5) is 29.0. The number of likely N-dealkylation sites (tertiary alicyclic amines) is 2. The van der Waals surface area contributed by atoms with E-state index >= 15 is 0 Å². The summed E-state index contributed by atoms with van der Waals surface area (Å²) in [6.45, 7) is 1.67. The summed E-state index contributed by atoms with van der Waals surface area (Å²) in [6, 6.07) is 12.3. The van der Waals surface area contributed by atoms with Crippen LogP contribution >= 0.6 is 0 Å². The van der Waals surface area contributed by atoms with E-state index < -0.39 is 5.82 Å². The molecule has 29 heavy (non-hydrogen) atoms. The van der Waals surface area contributed by atoms with Gasteiger partial charge in [0.15, 0.2) is 0 Å². The van der Waals surface area contributed by atoms with E-state index in [1.807, 2.05) is 11.0 Å². The number of hydrogen-bond donors (Lipinski definition) is 0. The summed E-state index contributed by atoms with van der Waals surface area (Å²) in [5, 5.41) is 0. The highest BCUT2D eigenvalue weighted by Crippen LogP contribution is 2.32. The van der Waals surface area contributed by atoms with Gasteiger partial charge in [0.25, 0.3) is 5.91 Å². The van der Waals surface area contributed by atoms with Gasteiger partial charge in [-0.05, 0) is 61.1 Å². The molecule has 0 unspecified atom stereocenters. The lowest BCUT2D eigenvalue weighted by Gasteiger charge is -2.47. The van der Waals surface area contributed by atoms with Gasteiger partial charge in [-0.3, -0.25) is 9.59 Å². The van der Waals surface area contributed by atoms with Crippen molar-refractivity contribution in [3.8, 4) is 0 Å². The Kier molecular flexibility index (Phi) is 5.60. The average Bonchev–Trinajstić information content (AvgIpc) is 2.72. The maximum absolute atomic E-state index is 13.5. The van der Waals surface area contributed by atoms with E-state index in [4.69, 9.17) is 0 Å². The second kappa shape index (κ2) is 8.31. The Morgan fingerprint density at radius 3 is 2.55 bits per heavy atom. The lowest BCUT2D eigenvalue weighted by molar-refractivity contribution is -0.140. The molecule has 6 heteroatoms. The Hall–Kier alpha value is -2.76. The molecule has 152 valence electrons. The fourth-order valence-corrected chi connectivity index (χ4v) is 4.57. The van der Waals surface area contributed by atoms with Crippen LogP contribution in [0.25, 0.3) is 0 Å². The number of carbonyl (C=O) groups excluding carboxylic acids is 2. The zero-order valence-corrected chi connectivity index (χ0v) is 16.2. The number of halogens is 2. The third-order valence-electron chi connectivity index (χ3n) is 6.03. The second-order valence-electron chi connectivity index (χ2n) is 7.88. The standard InChI is InChI=1S/C23H24F2N2O2/c24-19-5-1-3-16(13-19)9-12-27-21-10-11-26(15-18(21)7-8-22(27)28)23(29)17-4-2-6-20(25)14-17/h1-6,13-14,18,21H,7-12,15H2/t18-,21+/m1/s1. The molecule has 0 saturated carbocycles. The molecule has 0 N–H and O–H groups in total. The molecule has 2 aliphatic heterocycles. The Labute approximate surface area is 169 Å². The fraction of sp³-hybridized carbons (Fsp3) is 0.391. The largest absolute Gasteiger partial charge is 0.339 e. The first-order chi connectivity index (χ1) is 14.0. The van der Waals surface area contributed by atoms with E-state index in [-0.39, 0.29) is 29.6 Å². The number of amides is 2. The maximum Gasteiger partial charge on any atom is 0.253 e. The molecule has 0 spiro atoms. The van der Waals surface area contributed by atoms with Crippen molar-refractivity contribution in [2.24, 2.45) is 5.92 Å². The minimum absolute atomic E-state index is 0.0985. The first kappa shape index (κ1) is 19.6. The predicted octanol–water partition coefficient (Wildman–Crippen LogP) is 3.66. The quantitative estimate of drug-likeness (QED) is 0.789. The maximum atomic E-state index is 13.5. The molecule has 2 heterocycles. The molecular formula is C23H24F2N2O2. The van der Waals surface area contributed by atoms with Crippen molar-refractivity contribution in [1.82, 2.24) is 9.80 Å². The van der Waals surface area contributed by atoms with Crippen LogP contribution in [0.5, 0.6) is 0 Å². The van der Waals surface area contributed by atoms with Crippen LogP contribution in [0.15, 0.2) is 48.5 Å². The Morgan fingerprint density at radius 2 is 1.79 bits per heavy atom. The normalized spacial score (nSPS) is 21.8. The summed E-state index contributed by atoms with van der Waals surface area (Å²) < 4.78 is 26.9. The van der Waals surface area contributed by atoms with Crippen LogP contribution in [-0.2, 0) is 11.2 Å². The van der Waals surface area contributed by atoms with Crippen molar-refractivity contribution < 1.29 is 18.4 Å². The zero-order chi connectivity index (χ0) is 20.4. The van der Waals surface area contributed by atoms with Crippen molar-refractivity contribution in [2.45, 2.75) is 31.7 Å². The molecular weight excluding hydrogens is 374 g/mol. The summed E-state index contributed by atoms with van der Waals surface area (Å²) in [5.41, 5.74) is 1.23. The van der Waals surface area contributed by atoms with Crippen molar-refractivity contribution in [3.05, 3.63) is 71.3 Å². The molecule has 0 aromatic heterocycles. The van der Waals surface area contributed by atoms with E-state index in [0.717, 1.165) is 12.0 Å². The van der Waals surface area contributed by atoms with Crippen molar-refractivity contribution >= 4 is 11.8 Å². The molecule has 2 aromatic carbocycles. The minimum Gasteiger partial charge on any atom is -0.339 e. The fourth-order valence-electron chi connectivity index (χ4n) is 4.57. The summed E-state index contributed by atoms with van der Waals surface area (Å²) in [5.74, 6) is -0.503. The summed E-state index contributed by atoms with van der Waals surface area (Å²) in [7, 11) is 0. The van der Waals surface area contributed by atoms with E-state index in [1.54, 1.807) is 23.1 Å². The zero-order valence-electron chi connectivity index (χ0n) is 16.2. The van der Waals surface area contributed by atoms with Gasteiger partial charge in [0.05, 0.1) is 0 Å². The first-order valence-electron chi connectivity index (χ1n) is 10.1. The van der Waals surface area contributed by atoms with Gasteiger partial charge in [0, 0.05) is 37.7 Å². The number of piperidine rings is 2. The van der Waals surface area contributed by atoms with Gasteiger partial charge < -0.3 is 9.80 Å². The minimum atomic E-state index is -0.419. The molecule has 2 aromatic rings. The van der Waals surface area contributed by atoms with Gasteiger partial charge in [-0.2, -0.15) is 0 Å². The van der Waals surface area contributed by atoms with E-state index in [2.05, 4.69) is 0 Å². The highest BCUT2D eigenvalue weighted by molar-refractivity contribution is 5.94. The topological polar surface area (TPSA) is 40.6 Å². The third-order valence-corrected chi connectivity index (χ3v) is 6.03. The smallest absolute Gasteiger partial charge is 0.253 e. The summed E-state index contributed by atoms with van der Waals surface area (Å²) in [6.07, 6.45) is 2.54. The number of nitrogens with zero attached hydrogens (tertiary/aromatic N) is 2. The first-order valence-corrected chi connectivity index (χ1v) is 10.1. The Balaban J connectivity index is 1.42. The second-order valence-corrected chi connectivity index (χ2v) is 7.88. The highest BCUT2D eigenvalue weighted by Gasteiger charge is 2.40. The molecule has 2 fully saturated rings. The van der Waals surface area contributed by atoms with Crippen LogP contribution in [0.3, 0.4) is 0 Å². The van der Waals surface area contributed by atoms with Crippen LogP contribution in [0, 0.1) is 17.6 Å². The number of benzene rings is 2. The molecule has 0 aliphatic carbocycles. The van der Waals surface area contributed by atoms with Crippen molar-refractivity contribution in [1.29, 1.82) is 0 Å². The van der Waals surface area contributed by atoms with Gasteiger partial charge in [-0.25, -0.2) is 8.78 Å². The molecule has 2 atom stereocenters. The van der Waals surface area contributed by atoms with Gasteiger partial charge in [0.1, 0.15) is 11.6 Å². The van der Waals surface area contributed by atoms with E-state index in [0.29, 0.717) is 44.5 Å². The third kappa shape index (κ3) is 4.31. The number of fused-ring (bicyclic) bond motifs is 1. The molecule has 4 rings (SSSR count). The summed E-state index contributed by atoms with van der Waals surface area (Å²) >= 11 is 0. The van der Waals surface area contributed by atoms with Crippen LogP contribution in [0.1, 0.15) is 35.2 Å². The highest BCUT2D eigenvalue weighted by atomic mass is 19.1. The van der Waals surface area contributed by atoms with Crippen LogP contribution in [0.4, 0.5) is 8.78 Å². The van der Waals surface area contributed by atoms with Crippen LogP contribution in [-0.4, -0.2) is 47.3 Å². The predicted molar refractivity (Wildman–Crippen MR) is 105 cm³/mol. The van der Waals surface area contributed by atoms with Gasteiger partial charge >= 0.3 is 0 Å². The number of rotatable bonds is 4. The average molecular weight is 398 g/mol. The molecule has 2 aliphatic rings. The molecule has 2 saturated heterocycles. The monoisotopic (exact) mass is 398 g/mol. The molecule has 4 nitrogen and oxygen atoms in total. The number of hydrogen-bond acceptors (Lipinski definition) is 2. The van der Waals surface area contributed by atoms with Crippen molar-refractivity contribution in [2.75, 3.05) is 19.6 Å². The van der Waals surface area contributed by atoms with E-state index in [1.165, 1.54) is 24.3 Å². The van der Waals surface area contributed by atoms with Gasteiger partial charge in [0.2, 0.25) is 5.91 Å². The number of carbonyl (C=O) groups is 2. The molecule has 2 amide bonds. The molecule has 0 bridgehead atoms. The van der Waals surface area contributed by atoms with Crippen LogP contribution < -0.4 is 0 Å². The van der Waals surface area contributed by atoms with Crippen molar-refractivity contribution in [3.63, 3.8) is 0 Å². The van der Waals surface area contributed by atoms with Gasteiger partial charge in [-0.1, -0.05) is 18.2 Å².